The summed E-state index contributed by atoms with van der Waals surface area (Å²) in [6.45, 7) is 0.905. The number of hydrogen-bond donors (Lipinski definition) is 3. The van der Waals surface area contributed by atoms with E-state index in [-0.39, 0.29) is 36.4 Å². The number of para-hydroxylation sites is 2. The van der Waals surface area contributed by atoms with Crippen LogP contribution in [0.15, 0.2) is 54.7 Å². The maximum atomic E-state index is 13.9. The van der Waals surface area contributed by atoms with Gasteiger partial charge in [-0.2, -0.15) is 0 Å². The van der Waals surface area contributed by atoms with Crippen molar-refractivity contribution in [3.63, 3.8) is 0 Å². The highest BCUT2D eigenvalue weighted by Crippen LogP contribution is 2.53. The first kappa shape index (κ1) is 20.8. The fraction of sp³-hybridized carbons (Fsp3) is 0.370. The Bertz CT molecular complexity index is 1380. The van der Waals surface area contributed by atoms with Crippen molar-refractivity contribution in [2.75, 3.05) is 18.5 Å². The van der Waals surface area contributed by atoms with Gasteiger partial charge >= 0.3 is 0 Å². The molecular formula is C27H26N4O4. The van der Waals surface area contributed by atoms with Crippen molar-refractivity contribution in [2.45, 2.75) is 36.9 Å². The third kappa shape index (κ3) is 2.84. The summed E-state index contributed by atoms with van der Waals surface area (Å²) in [4.78, 5) is 45.9. The molecule has 0 radical (unpaired) electrons. The topological polar surface area (TPSA) is 104 Å². The van der Waals surface area contributed by atoms with E-state index in [1.807, 2.05) is 54.7 Å². The molecule has 3 fully saturated rings. The van der Waals surface area contributed by atoms with Crippen LogP contribution in [-0.4, -0.2) is 52.9 Å². The molecule has 3 amide bonds. The number of likely N-dealkylation sites (tertiary alicyclic amines) is 1. The normalized spacial score (nSPS) is 31.5. The van der Waals surface area contributed by atoms with Crippen molar-refractivity contribution in [1.82, 2.24) is 15.2 Å². The first-order valence-electron chi connectivity index (χ1n) is 12.3. The van der Waals surface area contributed by atoms with Gasteiger partial charge in [-0.1, -0.05) is 36.4 Å². The lowest BCUT2D eigenvalue weighted by Gasteiger charge is -2.30. The minimum atomic E-state index is -1.27. The van der Waals surface area contributed by atoms with Crippen molar-refractivity contribution >= 4 is 34.3 Å². The second-order valence-corrected chi connectivity index (χ2v) is 10.0. The van der Waals surface area contributed by atoms with Crippen LogP contribution in [0, 0.1) is 11.8 Å². The molecule has 1 aromatic heterocycles. The number of fused-ring (bicyclic) bond motifs is 5. The zero-order valence-corrected chi connectivity index (χ0v) is 19.1. The Labute approximate surface area is 202 Å². The number of aromatic nitrogens is 1. The van der Waals surface area contributed by atoms with Gasteiger partial charge in [0.15, 0.2) is 0 Å². The molecule has 5 atom stereocenters. The molecule has 3 saturated heterocycles. The maximum absolute atomic E-state index is 13.9. The van der Waals surface area contributed by atoms with E-state index in [0.29, 0.717) is 18.7 Å². The van der Waals surface area contributed by atoms with Gasteiger partial charge in [0.05, 0.1) is 24.5 Å². The van der Waals surface area contributed by atoms with Gasteiger partial charge in [-0.25, -0.2) is 0 Å². The second-order valence-electron chi connectivity index (χ2n) is 10.0. The van der Waals surface area contributed by atoms with Gasteiger partial charge < -0.3 is 15.0 Å². The van der Waals surface area contributed by atoms with Crippen LogP contribution >= 0.6 is 0 Å². The van der Waals surface area contributed by atoms with Gasteiger partial charge in [-0.05, 0) is 37.0 Å². The van der Waals surface area contributed by atoms with Gasteiger partial charge in [0.25, 0.3) is 0 Å². The van der Waals surface area contributed by atoms with Gasteiger partial charge in [0.2, 0.25) is 17.7 Å². The molecule has 2 aromatic carbocycles. The van der Waals surface area contributed by atoms with Crippen molar-refractivity contribution in [3.05, 3.63) is 65.9 Å². The number of amides is 3. The summed E-state index contributed by atoms with van der Waals surface area (Å²) < 4.78 is 5.74. The summed E-state index contributed by atoms with van der Waals surface area (Å²) in [5.41, 5.74) is 2.23. The van der Waals surface area contributed by atoms with E-state index in [9.17, 15) is 14.4 Å². The molecule has 0 aliphatic carbocycles. The lowest BCUT2D eigenvalue weighted by molar-refractivity contribution is -0.144. The predicted molar refractivity (Wildman–Crippen MR) is 128 cm³/mol. The van der Waals surface area contributed by atoms with Crippen molar-refractivity contribution in [3.8, 4) is 0 Å². The molecule has 4 aliphatic rings. The van der Waals surface area contributed by atoms with E-state index < -0.39 is 17.4 Å². The van der Waals surface area contributed by atoms with E-state index in [4.69, 9.17) is 4.74 Å². The van der Waals surface area contributed by atoms with E-state index in [2.05, 4.69) is 15.6 Å². The number of aromatic amines is 1. The molecule has 4 aliphatic heterocycles. The van der Waals surface area contributed by atoms with Gasteiger partial charge in [0.1, 0.15) is 5.54 Å². The number of carbonyl (C=O) groups is 3. The Morgan fingerprint density at radius 3 is 2.71 bits per heavy atom. The largest absolute Gasteiger partial charge is 0.376 e. The molecule has 0 bridgehead atoms. The molecule has 35 heavy (non-hydrogen) atoms. The fourth-order valence-corrected chi connectivity index (χ4v) is 6.70. The van der Waals surface area contributed by atoms with E-state index >= 15 is 0 Å². The van der Waals surface area contributed by atoms with Gasteiger partial charge in [-0.15, -0.1) is 0 Å². The summed E-state index contributed by atoms with van der Waals surface area (Å²) in [6, 6.07) is 15.1. The van der Waals surface area contributed by atoms with Crippen LogP contribution in [0.1, 0.15) is 24.0 Å². The quantitative estimate of drug-likeness (QED) is 0.508. The summed E-state index contributed by atoms with van der Waals surface area (Å²) in [6.07, 6.45) is 4.11. The van der Waals surface area contributed by atoms with Crippen LogP contribution in [0.5, 0.6) is 0 Å². The maximum Gasteiger partial charge on any atom is 0.250 e. The molecule has 0 unspecified atom stereocenters. The Morgan fingerprint density at radius 1 is 1.03 bits per heavy atom. The molecule has 0 saturated carbocycles. The molecule has 8 heteroatoms. The number of nitrogens with zero attached hydrogens (tertiary/aromatic N) is 1. The number of benzene rings is 2. The molecule has 3 aromatic rings. The van der Waals surface area contributed by atoms with Crippen LogP contribution in [0.3, 0.4) is 0 Å². The molecule has 1 spiro atoms. The highest BCUT2D eigenvalue weighted by Gasteiger charge is 2.70. The van der Waals surface area contributed by atoms with Crippen molar-refractivity contribution < 1.29 is 19.1 Å². The number of nitrogens with one attached hydrogen (secondary N) is 3. The van der Waals surface area contributed by atoms with Crippen molar-refractivity contribution in [2.24, 2.45) is 11.8 Å². The average molecular weight is 471 g/mol. The molecule has 8 nitrogen and oxygen atoms in total. The standard InChI is InChI=1S/C27H26N4O4/c32-24-22-21(12-15-13-28-19-9-3-1-7-17(15)19)30-27(18-8-2-4-10-20(18)29-26(27)34)23(22)25(33)31(24)14-16-6-5-11-35-16/h1-4,7-10,13,16,21-23,28,30H,5-6,11-12,14H2,(H,29,34)/t16-,21+,22-,23+,27+/m0/s1. The summed E-state index contributed by atoms with van der Waals surface area (Å²) in [7, 11) is 0. The Balaban J connectivity index is 1.32. The number of carbonyl (C=O) groups excluding carboxylic acids is 3. The molecule has 178 valence electrons. The SMILES string of the molecule is O=C1[C@H]2[C@@H](Cc3c[nH]c4ccccc34)N[C@@]3(C(=O)Nc4ccccc43)[C@H]2C(=O)N1C[C@@H]1CCCO1. The Hall–Kier alpha value is -3.49. The third-order valence-electron chi connectivity index (χ3n) is 8.24. The lowest BCUT2D eigenvalue weighted by Crippen LogP contribution is -2.54. The minimum absolute atomic E-state index is 0.137. The van der Waals surface area contributed by atoms with E-state index in [0.717, 1.165) is 34.9 Å². The highest BCUT2D eigenvalue weighted by molar-refractivity contribution is 6.15. The smallest absolute Gasteiger partial charge is 0.250 e. The summed E-state index contributed by atoms with van der Waals surface area (Å²) >= 11 is 0. The van der Waals surface area contributed by atoms with Crippen LogP contribution in [0.4, 0.5) is 5.69 Å². The van der Waals surface area contributed by atoms with E-state index in [1.165, 1.54) is 4.90 Å². The monoisotopic (exact) mass is 470 g/mol. The molecule has 3 N–H and O–H groups in total. The molecule has 5 heterocycles. The number of anilines is 1. The summed E-state index contributed by atoms with van der Waals surface area (Å²) in [5.74, 6) is -2.18. The van der Waals surface area contributed by atoms with E-state index in [1.54, 1.807) is 0 Å². The first-order valence-corrected chi connectivity index (χ1v) is 12.3. The number of ether oxygens (including phenoxy) is 1. The Morgan fingerprint density at radius 2 is 1.86 bits per heavy atom. The Kier molecular flexibility index (Phi) is 4.47. The second kappa shape index (κ2) is 7.50. The van der Waals surface area contributed by atoms with Crippen LogP contribution in [0.25, 0.3) is 10.9 Å². The molecule has 7 rings (SSSR count). The third-order valence-corrected chi connectivity index (χ3v) is 8.24. The predicted octanol–water partition coefficient (Wildman–Crippen LogP) is 2.31. The zero-order valence-electron chi connectivity index (χ0n) is 19.1. The van der Waals surface area contributed by atoms with Gasteiger partial charge in [-0.3, -0.25) is 24.6 Å². The molecular weight excluding hydrogens is 444 g/mol. The van der Waals surface area contributed by atoms with Crippen LogP contribution in [-0.2, 0) is 31.1 Å². The minimum Gasteiger partial charge on any atom is -0.376 e. The lowest BCUT2D eigenvalue weighted by atomic mass is 9.76. The first-order chi connectivity index (χ1) is 17.1. The highest BCUT2D eigenvalue weighted by atomic mass is 16.5. The van der Waals surface area contributed by atoms with Crippen LogP contribution in [0.2, 0.25) is 0 Å². The zero-order chi connectivity index (χ0) is 23.7. The fourth-order valence-electron chi connectivity index (χ4n) is 6.70. The number of imide groups is 1. The number of hydrogen-bond acceptors (Lipinski definition) is 5. The number of rotatable bonds is 4. The van der Waals surface area contributed by atoms with Crippen molar-refractivity contribution in [1.29, 1.82) is 0 Å². The summed E-state index contributed by atoms with van der Waals surface area (Å²) in [5, 5.41) is 7.57. The average Bonchev–Trinajstić information content (AvgIpc) is 3.67. The van der Waals surface area contributed by atoms with Gasteiger partial charge in [0, 0.05) is 41.0 Å². The van der Waals surface area contributed by atoms with Crippen LogP contribution < -0.4 is 10.6 Å². The number of H-pyrrole nitrogens is 1.